The fourth-order valence-corrected chi connectivity index (χ4v) is 1.66. The van der Waals surface area contributed by atoms with Gasteiger partial charge in [-0.15, -0.1) is 0 Å². The van der Waals surface area contributed by atoms with Gasteiger partial charge in [0.05, 0.1) is 8.98 Å². The molecule has 2 aromatic rings. The highest BCUT2D eigenvalue weighted by Crippen LogP contribution is 2.30. The van der Waals surface area contributed by atoms with Gasteiger partial charge in [0.2, 0.25) is 5.88 Å². The fraction of sp³-hybridized carbons (Fsp3) is 0.125. The normalized spacial score (nSPS) is 10.8. The van der Waals surface area contributed by atoms with Crippen LogP contribution in [-0.2, 0) is 0 Å². The van der Waals surface area contributed by atoms with Gasteiger partial charge in [0, 0.05) is 13.1 Å². The highest BCUT2D eigenvalue weighted by Gasteiger charge is 2.11. The summed E-state index contributed by atoms with van der Waals surface area (Å²) in [6, 6.07) is 1.52. The lowest BCUT2D eigenvalue weighted by Crippen LogP contribution is -2.09. The first-order chi connectivity index (χ1) is 6.59. The molecule has 0 aliphatic rings. The highest BCUT2D eigenvalue weighted by molar-refractivity contribution is 9.10. The molecule has 0 saturated carbocycles. The Morgan fingerprint density at radius 3 is 2.86 bits per heavy atom. The van der Waals surface area contributed by atoms with Crippen LogP contribution in [-0.4, -0.2) is 12.3 Å². The van der Waals surface area contributed by atoms with Crippen LogP contribution < -0.4 is 5.06 Å². The van der Waals surface area contributed by atoms with Crippen LogP contribution >= 0.6 is 28.1 Å². The van der Waals surface area contributed by atoms with Crippen LogP contribution in [0.2, 0.25) is 0 Å². The minimum absolute atomic E-state index is 0.268. The smallest absolute Gasteiger partial charge is 0.221 e. The summed E-state index contributed by atoms with van der Waals surface area (Å²) in [6.07, 6.45) is 1.49. The molecule has 2 heterocycles. The summed E-state index contributed by atoms with van der Waals surface area (Å²) < 4.78 is 11.7. The summed E-state index contributed by atoms with van der Waals surface area (Å²) in [5.41, 5.74) is 0.992. The van der Waals surface area contributed by atoms with E-state index in [4.69, 9.17) is 21.1 Å². The Hall–Kier alpha value is -0.850. The van der Waals surface area contributed by atoms with E-state index in [2.05, 4.69) is 15.9 Å². The molecule has 0 spiro atoms. The largest absolute Gasteiger partial charge is 0.458 e. The van der Waals surface area contributed by atoms with E-state index in [1.54, 1.807) is 0 Å². The highest BCUT2D eigenvalue weighted by atomic mass is 79.9. The number of fused-ring (bicyclic) bond motifs is 1. The van der Waals surface area contributed by atoms with Crippen LogP contribution in [0.3, 0.4) is 0 Å². The van der Waals surface area contributed by atoms with Gasteiger partial charge >= 0.3 is 0 Å². The molecule has 0 aliphatic heterocycles. The summed E-state index contributed by atoms with van der Waals surface area (Å²) in [4.78, 5) is 0. The van der Waals surface area contributed by atoms with Crippen molar-refractivity contribution in [3.63, 3.8) is 0 Å². The number of halogens is 1. The van der Waals surface area contributed by atoms with Crippen molar-refractivity contribution >= 4 is 45.2 Å². The Morgan fingerprint density at radius 2 is 2.21 bits per heavy atom. The monoisotopic (exact) mass is 275 g/mol. The molecule has 0 bridgehead atoms. The van der Waals surface area contributed by atoms with Gasteiger partial charge in [-0.2, -0.15) is 0 Å². The Kier molecular flexibility index (Phi) is 2.34. The van der Waals surface area contributed by atoms with Crippen molar-refractivity contribution in [2.75, 3.05) is 12.1 Å². The van der Waals surface area contributed by atoms with Crippen molar-refractivity contribution in [1.82, 2.24) is 0 Å². The molecule has 4 nitrogen and oxygen atoms in total. The fourth-order valence-electron chi connectivity index (χ4n) is 1.06. The molecule has 2 aromatic heterocycles. The second-order valence-corrected chi connectivity index (χ2v) is 4.01. The van der Waals surface area contributed by atoms with Gasteiger partial charge in [0.1, 0.15) is 6.26 Å². The average Bonchev–Trinajstić information content (AvgIpc) is 2.48. The van der Waals surface area contributed by atoms with Gasteiger partial charge in [0.25, 0.3) is 0 Å². The minimum Gasteiger partial charge on any atom is -0.458 e. The molecule has 0 unspecified atom stereocenters. The Morgan fingerprint density at radius 1 is 1.50 bits per heavy atom. The predicted molar refractivity (Wildman–Crippen MR) is 57.2 cm³/mol. The van der Waals surface area contributed by atoms with E-state index in [1.807, 2.05) is 0 Å². The van der Waals surface area contributed by atoms with Crippen molar-refractivity contribution in [3.05, 3.63) is 21.3 Å². The lowest BCUT2D eigenvalue weighted by atomic mass is 10.4. The number of rotatable bonds is 1. The zero-order valence-corrected chi connectivity index (χ0v) is 9.55. The van der Waals surface area contributed by atoms with Gasteiger partial charge in [-0.1, -0.05) is 12.2 Å². The summed E-state index contributed by atoms with van der Waals surface area (Å²) in [6.45, 7) is 0. The molecule has 14 heavy (non-hydrogen) atoms. The average molecular weight is 276 g/mol. The van der Waals surface area contributed by atoms with Gasteiger partial charge in [0.15, 0.2) is 11.2 Å². The lowest BCUT2D eigenvalue weighted by molar-refractivity contribution is 0.258. The molecule has 0 fully saturated rings. The minimum atomic E-state index is 0.268. The summed E-state index contributed by atoms with van der Waals surface area (Å²) in [5.74, 6) is 0.268. The van der Waals surface area contributed by atoms with Gasteiger partial charge in [-0.3, -0.25) is 5.21 Å². The molecule has 0 aromatic carbocycles. The van der Waals surface area contributed by atoms with Crippen molar-refractivity contribution in [2.24, 2.45) is 0 Å². The molecule has 74 valence electrons. The first kappa shape index (κ1) is 9.70. The third kappa shape index (κ3) is 1.45. The quantitative estimate of drug-likeness (QED) is 0.639. The molecule has 2 rings (SSSR count). The molecule has 0 saturated heterocycles. The first-order valence-electron chi connectivity index (χ1n) is 3.73. The third-order valence-electron chi connectivity index (χ3n) is 1.71. The molecular formula is C8H6BrNO3S. The maximum Gasteiger partial charge on any atom is 0.221 e. The van der Waals surface area contributed by atoms with Gasteiger partial charge < -0.3 is 8.83 Å². The summed E-state index contributed by atoms with van der Waals surface area (Å²) in [5, 5.41) is 10.0. The van der Waals surface area contributed by atoms with Gasteiger partial charge in [-0.25, -0.2) is 5.06 Å². The van der Waals surface area contributed by atoms with Crippen LogP contribution in [0.15, 0.2) is 25.6 Å². The van der Waals surface area contributed by atoms with Crippen LogP contribution in [0, 0.1) is 4.51 Å². The maximum absolute atomic E-state index is 9.18. The lowest BCUT2D eigenvalue weighted by Gasteiger charge is -2.07. The maximum atomic E-state index is 9.18. The van der Waals surface area contributed by atoms with Crippen LogP contribution in [0.1, 0.15) is 0 Å². The van der Waals surface area contributed by atoms with Crippen molar-refractivity contribution in [2.45, 2.75) is 0 Å². The second-order valence-electron chi connectivity index (χ2n) is 2.71. The van der Waals surface area contributed by atoms with Crippen LogP contribution in [0.4, 0.5) is 5.88 Å². The Bertz CT molecular complexity index is 531. The molecule has 1 N–H and O–H groups in total. The van der Waals surface area contributed by atoms with E-state index in [0.717, 1.165) is 5.06 Å². The topological polar surface area (TPSA) is 49.8 Å². The van der Waals surface area contributed by atoms with Crippen molar-refractivity contribution < 1.29 is 14.0 Å². The zero-order chi connectivity index (χ0) is 10.3. The number of nitrogens with zero attached hydrogens (tertiary/aromatic N) is 1. The number of hydrogen-bond acceptors (Lipinski definition) is 5. The number of hydrogen-bond donors (Lipinski definition) is 1. The molecule has 0 radical (unpaired) electrons. The molecule has 0 atom stereocenters. The van der Waals surface area contributed by atoms with E-state index in [1.165, 1.54) is 19.4 Å². The first-order valence-corrected chi connectivity index (χ1v) is 4.93. The molecular weight excluding hydrogens is 270 g/mol. The van der Waals surface area contributed by atoms with E-state index in [-0.39, 0.29) is 5.88 Å². The predicted octanol–water partition coefficient (Wildman–Crippen LogP) is 3.34. The number of anilines is 1. The van der Waals surface area contributed by atoms with Gasteiger partial charge in [-0.05, 0) is 15.9 Å². The Balaban J connectivity index is 2.82. The van der Waals surface area contributed by atoms with E-state index in [0.29, 0.717) is 20.1 Å². The number of hydroxylamine groups is 1. The number of furan rings is 1. The zero-order valence-electron chi connectivity index (χ0n) is 7.15. The molecule has 6 heteroatoms. The molecule has 0 aliphatic carbocycles. The standard InChI is InChI=1S/C8H6BrNO3S/c1-10(11)6-2-5(14)8-7(13-6)4(9)3-12-8/h2-3,11H,1H3. The third-order valence-corrected chi connectivity index (χ3v) is 2.56. The van der Waals surface area contributed by atoms with Crippen LogP contribution in [0.25, 0.3) is 11.2 Å². The SMILES string of the molecule is CN(O)c1cc(=S)c2occ(Br)c2o1. The summed E-state index contributed by atoms with van der Waals surface area (Å²) >= 11 is 8.31. The van der Waals surface area contributed by atoms with Crippen LogP contribution in [0.5, 0.6) is 0 Å². The second kappa shape index (κ2) is 3.38. The van der Waals surface area contributed by atoms with E-state index < -0.39 is 0 Å². The summed E-state index contributed by atoms with van der Waals surface area (Å²) in [7, 11) is 1.45. The molecule has 0 amide bonds. The van der Waals surface area contributed by atoms with E-state index >= 15 is 0 Å². The van der Waals surface area contributed by atoms with E-state index in [9.17, 15) is 5.21 Å². The van der Waals surface area contributed by atoms with Crippen molar-refractivity contribution in [1.29, 1.82) is 0 Å². The van der Waals surface area contributed by atoms with Crippen molar-refractivity contribution in [3.8, 4) is 0 Å². The Labute approximate surface area is 92.8 Å².